The van der Waals surface area contributed by atoms with E-state index in [1.165, 1.54) is 0 Å². The number of carbonyl (C=O) groups excluding carboxylic acids is 2. The minimum Gasteiger partial charge on any atom is -0.364 e. The maximum absolute atomic E-state index is 12.3. The van der Waals surface area contributed by atoms with E-state index in [0.29, 0.717) is 30.9 Å². The molecule has 1 aromatic carbocycles. The number of rotatable bonds is 6. The van der Waals surface area contributed by atoms with Crippen molar-refractivity contribution in [2.24, 2.45) is 5.73 Å². The highest BCUT2D eigenvalue weighted by Crippen LogP contribution is 2.21. The Morgan fingerprint density at radius 2 is 1.85 bits per heavy atom. The van der Waals surface area contributed by atoms with Crippen LogP contribution in [-0.2, 0) is 16.1 Å². The molecule has 0 aliphatic carbocycles. The summed E-state index contributed by atoms with van der Waals surface area (Å²) >= 11 is 0. The fourth-order valence-corrected chi connectivity index (χ4v) is 2.83. The van der Waals surface area contributed by atoms with Crippen molar-refractivity contribution in [1.82, 2.24) is 10.3 Å². The maximum Gasteiger partial charge on any atom is 0.319 e. The average molecular weight is 369 g/mol. The molecule has 2 aromatic rings. The van der Waals surface area contributed by atoms with Gasteiger partial charge >= 0.3 is 6.03 Å². The second-order valence-corrected chi connectivity index (χ2v) is 6.29. The van der Waals surface area contributed by atoms with Crippen LogP contribution in [0.15, 0.2) is 48.8 Å². The molecule has 1 aliphatic rings. The van der Waals surface area contributed by atoms with Crippen molar-refractivity contribution >= 4 is 23.3 Å². The van der Waals surface area contributed by atoms with Gasteiger partial charge in [-0.3, -0.25) is 9.78 Å². The molecule has 1 fully saturated rings. The first-order valence-corrected chi connectivity index (χ1v) is 8.84. The first-order valence-electron chi connectivity index (χ1n) is 8.84. The Kier molecular flexibility index (Phi) is 6.35. The van der Waals surface area contributed by atoms with Gasteiger partial charge in [0.05, 0.1) is 6.10 Å². The van der Waals surface area contributed by atoms with Gasteiger partial charge in [-0.15, -0.1) is 0 Å². The molecule has 1 aliphatic heterocycles. The number of anilines is 2. The second kappa shape index (κ2) is 9.11. The van der Waals surface area contributed by atoms with E-state index >= 15 is 0 Å². The largest absolute Gasteiger partial charge is 0.364 e. The van der Waals surface area contributed by atoms with Gasteiger partial charge in [-0.1, -0.05) is 6.07 Å². The first kappa shape index (κ1) is 18.8. The number of ether oxygens (including phenoxy) is 1. The summed E-state index contributed by atoms with van der Waals surface area (Å²) in [5.41, 5.74) is 7.69. The summed E-state index contributed by atoms with van der Waals surface area (Å²) in [7, 11) is 0. The van der Waals surface area contributed by atoms with Gasteiger partial charge in [0.15, 0.2) is 0 Å². The van der Waals surface area contributed by atoms with Gasteiger partial charge in [0, 0.05) is 36.9 Å². The highest BCUT2D eigenvalue weighted by atomic mass is 16.5. The van der Waals surface area contributed by atoms with Crippen molar-refractivity contribution in [3.63, 3.8) is 0 Å². The minimum atomic E-state index is -0.487. The van der Waals surface area contributed by atoms with Gasteiger partial charge in [-0.2, -0.15) is 0 Å². The van der Waals surface area contributed by atoms with Gasteiger partial charge in [0.1, 0.15) is 6.10 Å². The number of benzene rings is 1. The molecule has 1 saturated heterocycles. The minimum absolute atomic E-state index is 0.0576. The summed E-state index contributed by atoms with van der Waals surface area (Å²) in [5, 5.41) is 8.33. The molecular formula is C19H23N5O3. The van der Waals surface area contributed by atoms with Crippen LogP contribution in [0.25, 0.3) is 0 Å². The molecule has 0 bridgehead atoms. The van der Waals surface area contributed by atoms with E-state index in [9.17, 15) is 9.59 Å². The van der Waals surface area contributed by atoms with Gasteiger partial charge in [0.25, 0.3) is 5.91 Å². The summed E-state index contributed by atoms with van der Waals surface area (Å²) in [6, 6.07) is 10.3. The average Bonchev–Trinajstić information content (AvgIpc) is 3.17. The molecule has 5 N–H and O–H groups in total. The van der Waals surface area contributed by atoms with Crippen LogP contribution in [0.5, 0.6) is 0 Å². The Morgan fingerprint density at radius 1 is 1.11 bits per heavy atom. The van der Waals surface area contributed by atoms with Crippen LogP contribution in [0.3, 0.4) is 0 Å². The third-order valence-electron chi connectivity index (χ3n) is 4.25. The summed E-state index contributed by atoms with van der Waals surface area (Å²) in [5.74, 6) is -0.203. The number of pyridine rings is 1. The zero-order valence-electron chi connectivity index (χ0n) is 14.9. The van der Waals surface area contributed by atoms with Crippen molar-refractivity contribution in [2.45, 2.75) is 31.6 Å². The molecule has 0 spiro atoms. The number of carbonyl (C=O) groups is 2. The van der Waals surface area contributed by atoms with Crippen LogP contribution in [0.4, 0.5) is 16.2 Å². The number of aromatic nitrogens is 1. The summed E-state index contributed by atoms with van der Waals surface area (Å²) in [6.45, 7) is 0.809. The standard InChI is InChI=1S/C19H23N5O3/c20-11-16-4-5-17(27-16)18(25)23-14-2-1-3-15(10-14)24-19(26)22-12-13-6-8-21-9-7-13/h1-3,6-10,16-17H,4-5,11-12,20H2,(H,23,25)(H2,22,24,26)/t16-,17+/m1/s1. The fourth-order valence-electron chi connectivity index (χ4n) is 2.83. The fraction of sp³-hybridized carbons (Fsp3) is 0.316. The smallest absolute Gasteiger partial charge is 0.319 e. The van der Waals surface area contributed by atoms with Crippen molar-refractivity contribution in [3.05, 3.63) is 54.4 Å². The second-order valence-electron chi connectivity index (χ2n) is 6.29. The molecule has 3 amide bonds. The van der Waals surface area contributed by atoms with E-state index in [2.05, 4.69) is 20.9 Å². The summed E-state index contributed by atoms with van der Waals surface area (Å²) < 4.78 is 5.59. The van der Waals surface area contributed by atoms with Gasteiger partial charge < -0.3 is 26.4 Å². The maximum atomic E-state index is 12.3. The van der Waals surface area contributed by atoms with E-state index in [0.717, 1.165) is 12.0 Å². The lowest BCUT2D eigenvalue weighted by atomic mass is 10.2. The molecule has 1 aromatic heterocycles. The van der Waals surface area contributed by atoms with Crippen molar-refractivity contribution in [1.29, 1.82) is 0 Å². The normalized spacial score (nSPS) is 18.7. The molecular weight excluding hydrogens is 346 g/mol. The summed E-state index contributed by atoms with van der Waals surface area (Å²) in [6.07, 6.45) is 4.24. The van der Waals surface area contributed by atoms with E-state index in [4.69, 9.17) is 10.5 Å². The number of hydrogen-bond donors (Lipinski definition) is 4. The molecule has 8 nitrogen and oxygen atoms in total. The van der Waals surface area contributed by atoms with Crippen LogP contribution in [-0.4, -0.2) is 35.7 Å². The van der Waals surface area contributed by atoms with E-state index < -0.39 is 6.10 Å². The predicted molar refractivity (Wildman–Crippen MR) is 102 cm³/mol. The number of hydrogen-bond acceptors (Lipinski definition) is 5. The molecule has 2 heterocycles. The Bertz CT molecular complexity index is 784. The van der Waals surface area contributed by atoms with Crippen LogP contribution in [0.1, 0.15) is 18.4 Å². The number of nitrogens with zero attached hydrogens (tertiary/aromatic N) is 1. The third kappa shape index (κ3) is 5.50. The molecule has 3 rings (SSSR count). The Hall–Kier alpha value is -2.97. The molecule has 0 saturated carbocycles. The molecule has 0 unspecified atom stereocenters. The van der Waals surface area contributed by atoms with Gasteiger partial charge in [-0.05, 0) is 48.7 Å². The van der Waals surface area contributed by atoms with Gasteiger partial charge in [0.2, 0.25) is 0 Å². The highest BCUT2D eigenvalue weighted by Gasteiger charge is 2.29. The lowest BCUT2D eigenvalue weighted by Crippen LogP contribution is -2.30. The third-order valence-corrected chi connectivity index (χ3v) is 4.25. The number of nitrogens with one attached hydrogen (secondary N) is 3. The van der Waals surface area contributed by atoms with E-state index in [-0.39, 0.29) is 18.0 Å². The summed E-state index contributed by atoms with van der Waals surface area (Å²) in [4.78, 5) is 28.3. The van der Waals surface area contributed by atoms with Crippen molar-refractivity contribution in [2.75, 3.05) is 17.2 Å². The topological polar surface area (TPSA) is 118 Å². The van der Waals surface area contributed by atoms with Crippen LogP contribution in [0.2, 0.25) is 0 Å². The monoisotopic (exact) mass is 369 g/mol. The van der Waals surface area contributed by atoms with Gasteiger partial charge in [-0.25, -0.2) is 4.79 Å². The molecule has 8 heteroatoms. The zero-order chi connectivity index (χ0) is 19.1. The highest BCUT2D eigenvalue weighted by molar-refractivity contribution is 5.95. The van der Waals surface area contributed by atoms with Crippen LogP contribution >= 0.6 is 0 Å². The Labute approximate surface area is 157 Å². The van der Waals surface area contributed by atoms with Crippen LogP contribution < -0.4 is 21.7 Å². The Balaban J connectivity index is 1.51. The van der Waals surface area contributed by atoms with E-state index in [1.807, 2.05) is 12.1 Å². The zero-order valence-corrected chi connectivity index (χ0v) is 14.9. The molecule has 0 radical (unpaired) electrons. The molecule has 142 valence electrons. The molecule has 27 heavy (non-hydrogen) atoms. The number of amides is 3. The predicted octanol–water partition coefficient (Wildman–Crippen LogP) is 1.85. The number of urea groups is 1. The van der Waals surface area contributed by atoms with Crippen molar-refractivity contribution < 1.29 is 14.3 Å². The lowest BCUT2D eigenvalue weighted by molar-refractivity contribution is -0.126. The molecule has 2 atom stereocenters. The quantitative estimate of drug-likeness (QED) is 0.620. The SMILES string of the molecule is NC[C@H]1CC[C@@H](C(=O)Nc2cccc(NC(=O)NCc3ccncc3)c2)O1. The first-order chi connectivity index (χ1) is 13.1. The Morgan fingerprint density at radius 3 is 2.56 bits per heavy atom. The lowest BCUT2D eigenvalue weighted by Gasteiger charge is -2.13. The van der Waals surface area contributed by atoms with Crippen molar-refractivity contribution in [3.8, 4) is 0 Å². The number of nitrogens with two attached hydrogens (primary N) is 1. The van der Waals surface area contributed by atoms with E-state index in [1.54, 1.807) is 36.7 Å². The van der Waals surface area contributed by atoms with Crippen LogP contribution in [0, 0.1) is 0 Å².